The molecule has 0 aliphatic carbocycles. The van der Waals surface area contributed by atoms with Gasteiger partial charge in [0.05, 0.1) is 4.90 Å². The van der Waals surface area contributed by atoms with E-state index in [0.29, 0.717) is 16.6 Å². The van der Waals surface area contributed by atoms with E-state index < -0.39 is 10.0 Å². The minimum absolute atomic E-state index is 0.153. The molecule has 0 saturated carbocycles. The van der Waals surface area contributed by atoms with Gasteiger partial charge in [-0.15, -0.1) is 0 Å². The van der Waals surface area contributed by atoms with Gasteiger partial charge in [-0.05, 0) is 49.7 Å². The van der Waals surface area contributed by atoms with Gasteiger partial charge in [-0.3, -0.25) is 9.52 Å². The molecular formula is C17H16N2O3S. The largest absolute Gasteiger partial charge is 0.322 e. The van der Waals surface area contributed by atoms with Gasteiger partial charge in [0.1, 0.15) is 0 Å². The van der Waals surface area contributed by atoms with E-state index in [1.54, 1.807) is 31.2 Å². The molecule has 3 aromatic rings. The molecule has 0 amide bonds. The van der Waals surface area contributed by atoms with Crippen molar-refractivity contribution in [1.29, 1.82) is 0 Å². The minimum atomic E-state index is -3.69. The molecule has 0 aliphatic heterocycles. The number of nitrogens with one attached hydrogen (secondary N) is 2. The van der Waals surface area contributed by atoms with Crippen molar-refractivity contribution < 1.29 is 8.42 Å². The molecule has 1 aromatic heterocycles. The Hall–Kier alpha value is -2.60. The Labute approximate surface area is 134 Å². The fourth-order valence-corrected chi connectivity index (χ4v) is 3.49. The quantitative estimate of drug-likeness (QED) is 0.776. The van der Waals surface area contributed by atoms with Crippen LogP contribution >= 0.6 is 0 Å². The van der Waals surface area contributed by atoms with Crippen molar-refractivity contribution in [2.75, 3.05) is 4.72 Å². The number of sulfonamides is 1. The molecule has 5 nitrogen and oxygen atoms in total. The summed E-state index contributed by atoms with van der Waals surface area (Å²) < 4.78 is 27.6. The molecule has 2 aromatic carbocycles. The Morgan fingerprint density at radius 3 is 2.35 bits per heavy atom. The highest BCUT2D eigenvalue weighted by atomic mass is 32.2. The molecule has 3 rings (SSSR count). The van der Waals surface area contributed by atoms with Gasteiger partial charge < -0.3 is 4.98 Å². The van der Waals surface area contributed by atoms with Crippen LogP contribution < -0.4 is 10.3 Å². The van der Waals surface area contributed by atoms with Crippen LogP contribution in [0.25, 0.3) is 10.9 Å². The van der Waals surface area contributed by atoms with E-state index in [1.807, 2.05) is 19.1 Å². The smallest absolute Gasteiger partial charge is 0.261 e. The van der Waals surface area contributed by atoms with Crippen molar-refractivity contribution in [3.63, 3.8) is 0 Å². The molecule has 6 heteroatoms. The summed E-state index contributed by atoms with van der Waals surface area (Å²) in [6.45, 7) is 3.71. The zero-order valence-corrected chi connectivity index (χ0v) is 13.6. The van der Waals surface area contributed by atoms with E-state index in [9.17, 15) is 13.2 Å². The number of pyridine rings is 1. The highest BCUT2D eigenvalue weighted by Gasteiger charge is 2.15. The number of anilines is 1. The van der Waals surface area contributed by atoms with E-state index in [1.165, 1.54) is 12.1 Å². The summed E-state index contributed by atoms with van der Waals surface area (Å²) >= 11 is 0. The summed E-state index contributed by atoms with van der Waals surface area (Å²) in [5.74, 6) is 0. The molecule has 2 N–H and O–H groups in total. The van der Waals surface area contributed by atoms with Crippen LogP contribution in [0.15, 0.2) is 58.2 Å². The Morgan fingerprint density at radius 2 is 1.65 bits per heavy atom. The van der Waals surface area contributed by atoms with Crippen LogP contribution in [0.2, 0.25) is 0 Å². The number of aromatic amines is 1. The molecule has 0 saturated heterocycles. The lowest BCUT2D eigenvalue weighted by molar-refractivity contribution is 0.601. The zero-order valence-electron chi connectivity index (χ0n) is 12.8. The maximum absolute atomic E-state index is 12.5. The Kier molecular flexibility index (Phi) is 3.69. The average Bonchev–Trinajstić information content (AvgIpc) is 2.49. The zero-order chi connectivity index (χ0) is 16.6. The van der Waals surface area contributed by atoms with Gasteiger partial charge in [-0.1, -0.05) is 17.7 Å². The third-order valence-electron chi connectivity index (χ3n) is 3.64. The van der Waals surface area contributed by atoms with E-state index in [0.717, 1.165) is 11.1 Å². The predicted octanol–water partition coefficient (Wildman–Crippen LogP) is 2.95. The van der Waals surface area contributed by atoms with E-state index in [4.69, 9.17) is 0 Å². The first-order valence-electron chi connectivity index (χ1n) is 7.08. The van der Waals surface area contributed by atoms with Crippen LogP contribution in [0, 0.1) is 13.8 Å². The van der Waals surface area contributed by atoms with Crippen LogP contribution in [0.5, 0.6) is 0 Å². The highest BCUT2D eigenvalue weighted by Crippen LogP contribution is 2.22. The van der Waals surface area contributed by atoms with Crippen molar-refractivity contribution >= 4 is 26.6 Å². The highest BCUT2D eigenvalue weighted by molar-refractivity contribution is 7.92. The van der Waals surface area contributed by atoms with Crippen molar-refractivity contribution in [2.45, 2.75) is 18.7 Å². The lowest BCUT2D eigenvalue weighted by atomic mass is 10.1. The van der Waals surface area contributed by atoms with Crippen molar-refractivity contribution in [1.82, 2.24) is 4.98 Å². The first-order chi connectivity index (χ1) is 10.8. The first kappa shape index (κ1) is 15.3. The fraction of sp³-hybridized carbons (Fsp3) is 0.118. The van der Waals surface area contributed by atoms with Gasteiger partial charge >= 0.3 is 0 Å². The number of aromatic nitrogens is 1. The van der Waals surface area contributed by atoms with E-state index >= 15 is 0 Å². The van der Waals surface area contributed by atoms with Crippen LogP contribution in [0.4, 0.5) is 5.69 Å². The standard InChI is InChI=1S/C17H16N2O3S/c1-11-3-5-13(6-4-11)19-23(21,22)14-7-8-16-15(10-14)12(2)9-17(20)18-16/h3-10,19H,1-2H3,(H,18,20). The molecule has 118 valence electrons. The van der Waals surface area contributed by atoms with Gasteiger partial charge in [-0.2, -0.15) is 0 Å². The molecule has 0 radical (unpaired) electrons. The SMILES string of the molecule is Cc1ccc(NS(=O)(=O)c2ccc3[nH]c(=O)cc(C)c3c2)cc1. The first-order valence-corrected chi connectivity index (χ1v) is 8.57. The molecule has 1 heterocycles. The number of aryl methyl sites for hydroxylation is 2. The molecule has 0 bridgehead atoms. The average molecular weight is 328 g/mol. The lowest BCUT2D eigenvalue weighted by Crippen LogP contribution is -2.13. The summed E-state index contributed by atoms with van der Waals surface area (Å²) in [6.07, 6.45) is 0. The second-order valence-electron chi connectivity index (χ2n) is 5.50. The minimum Gasteiger partial charge on any atom is -0.322 e. The summed E-state index contributed by atoms with van der Waals surface area (Å²) in [4.78, 5) is 14.3. The fourth-order valence-electron chi connectivity index (χ4n) is 2.40. The third-order valence-corrected chi connectivity index (χ3v) is 5.01. The van der Waals surface area contributed by atoms with Crippen molar-refractivity contribution in [3.05, 3.63) is 70.0 Å². The van der Waals surface area contributed by atoms with E-state index in [2.05, 4.69) is 9.71 Å². The van der Waals surface area contributed by atoms with Crippen LogP contribution in [-0.4, -0.2) is 13.4 Å². The van der Waals surface area contributed by atoms with Crippen molar-refractivity contribution in [3.8, 4) is 0 Å². The maximum atomic E-state index is 12.5. The third kappa shape index (κ3) is 3.12. The van der Waals surface area contributed by atoms with Gasteiger partial charge in [0.25, 0.3) is 10.0 Å². The maximum Gasteiger partial charge on any atom is 0.261 e. The number of rotatable bonds is 3. The molecule has 0 spiro atoms. The van der Waals surface area contributed by atoms with Gasteiger partial charge in [0.2, 0.25) is 5.56 Å². The van der Waals surface area contributed by atoms with Crippen LogP contribution in [-0.2, 0) is 10.0 Å². The topological polar surface area (TPSA) is 79.0 Å². The van der Waals surface area contributed by atoms with Crippen LogP contribution in [0.3, 0.4) is 0 Å². The predicted molar refractivity (Wildman–Crippen MR) is 91.3 cm³/mol. The van der Waals surface area contributed by atoms with E-state index in [-0.39, 0.29) is 10.5 Å². The second kappa shape index (κ2) is 5.55. The Bertz CT molecular complexity index is 1040. The number of benzene rings is 2. The summed E-state index contributed by atoms with van der Waals surface area (Å²) in [7, 11) is -3.69. The summed E-state index contributed by atoms with van der Waals surface area (Å²) in [6, 6.07) is 13.2. The molecule has 0 unspecified atom stereocenters. The lowest BCUT2D eigenvalue weighted by Gasteiger charge is -2.10. The second-order valence-corrected chi connectivity index (χ2v) is 7.18. The normalized spacial score (nSPS) is 11.6. The van der Waals surface area contributed by atoms with Gasteiger partial charge in [0, 0.05) is 22.7 Å². The molecule has 23 heavy (non-hydrogen) atoms. The number of hydrogen-bond acceptors (Lipinski definition) is 3. The molecular weight excluding hydrogens is 312 g/mol. The number of fused-ring (bicyclic) bond motifs is 1. The molecule has 0 fully saturated rings. The Morgan fingerprint density at radius 1 is 0.957 bits per heavy atom. The number of H-pyrrole nitrogens is 1. The Balaban J connectivity index is 2.04. The van der Waals surface area contributed by atoms with Crippen molar-refractivity contribution in [2.24, 2.45) is 0 Å². The number of hydrogen-bond donors (Lipinski definition) is 2. The van der Waals surface area contributed by atoms with Gasteiger partial charge in [-0.25, -0.2) is 8.42 Å². The monoisotopic (exact) mass is 328 g/mol. The molecule has 0 atom stereocenters. The summed E-state index contributed by atoms with van der Waals surface area (Å²) in [5.41, 5.74) is 2.70. The van der Waals surface area contributed by atoms with Gasteiger partial charge in [0.15, 0.2) is 0 Å². The summed E-state index contributed by atoms with van der Waals surface area (Å²) in [5, 5.41) is 0.705. The van der Waals surface area contributed by atoms with Crippen LogP contribution in [0.1, 0.15) is 11.1 Å². The molecule has 0 aliphatic rings.